The highest BCUT2D eigenvalue weighted by Gasteiger charge is 2.16. The van der Waals surface area contributed by atoms with E-state index in [9.17, 15) is 4.79 Å². The van der Waals surface area contributed by atoms with Gasteiger partial charge >= 0.3 is 0 Å². The largest absolute Gasteiger partial charge is 0.493 e. The molecule has 3 rings (SSSR count). The minimum Gasteiger partial charge on any atom is -0.493 e. The van der Waals surface area contributed by atoms with E-state index in [0.29, 0.717) is 41.6 Å². The second-order valence-electron chi connectivity index (χ2n) is 6.20. The minimum atomic E-state index is -0.133. The highest BCUT2D eigenvalue weighted by atomic mass is 16.5. The quantitative estimate of drug-likeness (QED) is 0.666. The number of hydrogen-bond acceptors (Lipinski definition) is 7. The van der Waals surface area contributed by atoms with Crippen molar-refractivity contribution in [3.05, 3.63) is 35.4 Å². The third-order valence-electron chi connectivity index (χ3n) is 4.54. The van der Waals surface area contributed by atoms with Crippen molar-refractivity contribution in [2.45, 2.75) is 26.7 Å². The molecule has 148 valence electrons. The van der Waals surface area contributed by atoms with Crippen LogP contribution in [0.1, 0.15) is 23.4 Å². The van der Waals surface area contributed by atoms with Crippen LogP contribution >= 0.6 is 0 Å². The van der Waals surface area contributed by atoms with Crippen molar-refractivity contribution in [1.29, 1.82) is 0 Å². The van der Waals surface area contributed by atoms with Crippen molar-refractivity contribution in [2.75, 3.05) is 26.6 Å². The van der Waals surface area contributed by atoms with Crippen LogP contribution in [0.15, 0.2) is 18.5 Å². The number of carbonyl (C=O) groups excluding carboxylic acids is 1. The third kappa shape index (κ3) is 3.68. The number of aryl methyl sites for hydroxylation is 2. The molecule has 3 aromatic rings. The number of carbonyl (C=O) groups is 1. The van der Waals surface area contributed by atoms with Gasteiger partial charge in [-0.15, -0.1) is 0 Å². The molecule has 0 saturated carbocycles. The van der Waals surface area contributed by atoms with Gasteiger partial charge in [-0.3, -0.25) is 4.79 Å². The first-order valence-electron chi connectivity index (χ1n) is 8.74. The zero-order valence-electron chi connectivity index (χ0n) is 16.6. The standard InChI is InChI=1S/C19H23N5O4/c1-11-14(12(2)24-19(22-11)20-10-21-24)6-7-17(25)23-13-8-15(26-3)18(28-5)16(9-13)27-4/h8-10H,6-7H2,1-5H3,(H,23,25). The molecule has 0 saturated heterocycles. The molecule has 9 heteroatoms. The Morgan fingerprint density at radius 3 is 2.39 bits per heavy atom. The predicted molar refractivity (Wildman–Crippen MR) is 103 cm³/mol. The topological polar surface area (TPSA) is 99.9 Å². The van der Waals surface area contributed by atoms with Crippen molar-refractivity contribution in [3.8, 4) is 17.2 Å². The molecule has 28 heavy (non-hydrogen) atoms. The molecule has 0 aliphatic carbocycles. The van der Waals surface area contributed by atoms with Gasteiger partial charge in [-0.1, -0.05) is 0 Å². The number of nitrogens with zero attached hydrogens (tertiary/aromatic N) is 4. The number of rotatable bonds is 7. The summed E-state index contributed by atoms with van der Waals surface area (Å²) in [4.78, 5) is 21.0. The Morgan fingerprint density at radius 1 is 1.11 bits per heavy atom. The van der Waals surface area contributed by atoms with Crippen LogP contribution in [-0.4, -0.2) is 46.8 Å². The lowest BCUT2D eigenvalue weighted by molar-refractivity contribution is -0.116. The fourth-order valence-electron chi connectivity index (χ4n) is 3.13. The number of fused-ring (bicyclic) bond motifs is 1. The summed E-state index contributed by atoms with van der Waals surface area (Å²) in [6, 6.07) is 3.39. The van der Waals surface area contributed by atoms with Gasteiger partial charge in [-0.25, -0.2) is 9.50 Å². The van der Waals surface area contributed by atoms with Gasteiger partial charge in [0.1, 0.15) is 6.33 Å². The van der Waals surface area contributed by atoms with Crippen molar-refractivity contribution in [1.82, 2.24) is 19.6 Å². The molecular weight excluding hydrogens is 362 g/mol. The summed E-state index contributed by atoms with van der Waals surface area (Å²) in [5, 5.41) is 7.05. The van der Waals surface area contributed by atoms with Crippen LogP contribution in [0.25, 0.3) is 5.78 Å². The first-order valence-corrected chi connectivity index (χ1v) is 8.74. The predicted octanol–water partition coefficient (Wildman–Crippen LogP) is 2.34. The Balaban J connectivity index is 1.75. The Bertz CT molecular complexity index is 990. The first kappa shape index (κ1) is 19.4. The van der Waals surface area contributed by atoms with Crippen molar-refractivity contribution < 1.29 is 19.0 Å². The molecule has 0 aliphatic rings. The summed E-state index contributed by atoms with van der Waals surface area (Å²) >= 11 is 0. The molecule has 0 bridgehead atoms. The Morgan fingerprint density at radius 2 is 1.79 bits per heavy atom. The van der Waals surface area contributed by atoms with Crippen molar-refractivity contribution in [3.63, 3.8) is 0 Å². The molecule has 2 heterocycles. The SMILES string of the molecule is COc1cc(NC(=O)CCc2c(C)nc3ncnn3c2C)cc(OC)c1OC. The van der Waals surface area contributed by atoms with Crippen LogP contribution < -0.4 is 19.5 Å². The van der Waals surface area contributed by atoms with Crippen LogP contribution in [0.2, 0.25) is 0 Å². The summed E-state index contributed by atoms with van der Waals surface area (Å²) in [6.45, 7) is 3.86. The van der Waals surface area contributed by atoms with E-state index in [4.69, 9.17) is 14.2 Å². The van der Waals surface area contributed by atoms with Crippen LogP contribution in [0.3, 0.4) is 0 Å². The lowest BCUT2D eigenvalue weighted by atomic mass is 10.1. The van der Waals surface area contributed by atoms with Gasteiger partial charge in [0.05, 0.1) is 21.3 Å². The fourth-order valence-corrected chi connectivity index (χ4v) is 3.13. The summed E-state index contributed by atoms with van der Waals surface area (Å²) in [5.74, 6) is 1.85. The Hall–Kier alpha value is -3.36. The van der Waals surface area contributed by atoms with E-state index in [-0.39, 0.29) is 5.91 Å². The average Bonchev–Trinajstić information content (AvgIpc) is 3.15. The molecule has 1 amide bonds. The molecule has 0 fully saturated rings. The molecule has 0 radical (unpaired) electrons. The Labute approximate surface area is 162 Å². The molecular formula is C19H23N5O4. The van der Waals surface area contributed by atoms with Gasteiger partial charge in [0.2, 0.25) is 11.7 Å². The number of amides is 1. The van der Waals surface area contributed by atoms with Gasteiger partial charge in [-0.2, -0.15) is 10.1 Å². The second-order valence-corrected chi connectivity index (χ2v) is 6.20. The van der Waals surface area contributed by atoms with Gasteiger partial charge in [0, 0.05) is 35.6 Å². The first-order chi connectivity index (χ1) is 13.5. The maximum absolute atomic E-state index is 12.5. The smallest absolute Gasteiger partial charge is 0.252 e. The second kappa shape index (κ2) is 8.12. The molecule has 1 aromatic carbocycles. The average molecular weight is 385 g/mol. The molecule has 2 aromatic heterocycles. The van der Waals surface area contributed by atoms with Crippen molar-refractivity contribution in [2.24, 2.45) is 0 Å². The van der Waals surface area contributed by atoms with Crippen molar-refractivity contribution >= 4 is 17.4 Å². The van der Waals surface area contributed by atoms with E-state index in [2.05, 4.69) is 20.4 Å². The maximum Gasteiger partial charge on any atom is 0.252 e. The van der Waals surface area contributed by atoms with Crippen LogP contribution in [0, 0.1) is 13.8 Å². The molecule has 0 unspecified atom stereocenters. The third-order valence-corrected chi connectivity index (χ3v) is 4.54. The van der Waals surface area contributed by atoms with Crippen LogP contribution in [0.4, 0.5) is 5.69 Å². The molecule has 9 nitrogen and oxygen atoms in total. The number of ether oxygens (including phenoxy) is 3. The Kier molecular flexibility index (Phi) is 5.62. The van der Waals surface area contributed by atoms with E-state index in [1.807, 2.05) is 13.8 Å². The monoisotopic (exact) mass is 385 g/mol. The lowest BCUT2D eigenvalue weighted by Crippen LogP contribution is -2.14. The number of anilines is 1. The van der Waals surface area contributed by atoms with Gasteiger partial charge < -0.3 is 19.5 Å². The lowest BCUT2D eigenvalue weighted by Gasteiger charge is -2.15. The van der Waals surface area contributed by atoms with E-state index in [1.54, 1.807) is 16.6 Å². The number of aromatic nitrogens is 4. The van der Waals surface area contributed by atoms with E-state index in [0.717, 1.165) is 17.0 Å². The normalized spacial score (nSPS) is 10.8. The van der Waals surface area contributed by atoms with Gasteiger partial charge in [-0.05, 0) is 25.8 Å². The molecule has 0 aliphatic heterocycles. The zero-order valence-corrected chi connectivity index (χ0v) is 16.6. The fraction of sp³-hybridized carbons (Fsp3) is 0.368. The van der Waals surface area contributed by atoms with E-state index in [1.165, 1.54) is 27.7 Å². The number of hydrogen-bond donors (Lipinski definition) is 1. The number of nitrogens with one attached hydrogen (secondary N) is 1. The number of benzene rings is 1. The highest BCUT2D eigenvalue weighted by Crippen LogP contribution is 2.39. The summed E-state index contributed by atoms with van der Waals surface area (Å²) in [7, 11) is 4.59. The van der Waals surface area contributed by atoms with Gasteiger partial charge in [0.25, 0.3) is 5.78 Å². The molecule has 0 atom stereocenters. The van der Waals surface area contributed by atoms with Gasteiger partial charge in [0.15, 0.2) is 11.5 Å². The summed E-state index contributed by atoms with van der Waals surface area (Å²) in [6.07, 6.45) is 2.30. The summed E-state index contributed by atoms with van der Waals surface area (Å²) < 4.78 is 17.6. The van der Waals surface area contributed by atoms with Crippen LogP contribution in [-0.2, 0) is 11.2 Å². The van der Waals surface area contributed by atoms with Crippen LogP contribution in [0.5, 0.6) is 17.2 Å². The zero-order chi connectivity index (χ0) is 20.3. The van der Waals surface area contributed by atoms with E-state index < -0.39 is 0 Å². The molecule has 1 N–H and O–H groups in total. The van der Waals surface area contributed by atoms with E-state index >= 15 is 0 Å². The number of methoxy groups -OCH3 is 3. The highest BCUT2D eigenvalue weighted by molar-refractivity contribution is 5.91. The maximum atomic E-state index is 12.5. The molecule has 0 spiro atoms. The summed E-state index contributed by atoms with van der Waals surface area (Å²) in [5.41, 5.74) is 3.33. The minimum absolute atomic E-state index is 0.133.